The fourth-order valence-electron chi connectivity index (χ4n) is 3.74. The summed E-state index contributed by atoms with van der Waals surface area (Å²) in [7, 11) is 0. The lowest BCUT2D eigenvalue weighted by Gasteiger charge is -2.36. The number of alkyl halides is 1. The number of nitrogens with zero attached hydrogens (tertiary/aromatic N) is 2. The first kappa shape index (κ1) is 22.2. The minimum Gasteiger partial charge on any atom is -0.476 e. The highest BCUT2D eigenvalue weighted by molar-refractivity contribution is 5.94. The van der Waals surface area contributed by atoms with Gasteiger partial charge in [0, 0.05) is 56.8 Å². The third-order valence-electron chi connectivity index (χ3n) is 5.78. The average Bonchev–Trinajstić information content (AvgIpc) is 2.75. The number of carbonyl (C=O) groups is 1. The predicted octanol–water partition coefficient (Wildman–Crippen LogP) is 3.87. The quantitative estimate of drug-likeness (QED) is 0.668. The van der Waals surface area contributed by atoms with Crippen LogP contribution in [0.2, 0.25) is 0 Å². The first-order chi connectivity index (χ1) is 14.4. The Balaban J connectivity index is 1.41. The van der Waals surface area contributed by atoms with E-state index in [1.54, 1.807) is 11.1 Å². The molecular weight excluding hydrogens is 381 g/mol. The zero-order valence-corrected chi connectivity index (χ0v) is 18.2. The molecule has 3 rings (SSSR count). The molecule has 30 heavy (non-hydrogen) atoms. The van der Waals surface area contributed by atoms with E-state index in [0.29, 0.717) is 50.5 Å². The van der Waals surface area contributed by atoms with Crippen LogP contribution < -0.4 is 10.1 Å². The van der Waals surface area contributed by atoms with Crippen molar-refractivity contribution in [2.75, 3.05) is 32.8 Å². The third-order valence-corrected chi connectivity index (χ3v) is 5.78. The Morgan fingerprint density at radius 1 is 1.23 bits per heavy atom. The van der Waals surface area contributed by atoms with E-state index in [2.05, 4.69) is 24.1 Å². The molecule has 2 aromatic rings. The maximum absolute atomic E-state index is 15.1. The van der Waals surface area contributed by atoms with Crippen LogP contribution in [0.1, 0.15) is 46.8 Å². The Kier molecular flexibility index (Phi) is 7.43. The second-order valence-electron chi connectivity index (χ2n) is 8.14. The summed E-state index contributed by atoms with van der Waals surface area (Å²) in [6.07, 6.45) is 3.35. The van der Waals surface area contributed by atoms with Crippen LogP contribution in [0, 0.1) is 13.8 Å². The number of aryl methyl sites for hydroxylation is 3. The summed E-state index contributed by atoms with van der Waals surface area (Å²) < 4.78 is 20.7. The number of aromatic nitrogens is 1. The van der Waals surface area contributed by atoms with Gasteiger partial charge in [0.2, 0.25) is 5.88 Å². The van der Waals surface area contributed by atoms with Gasteiger partial charge in [0.1, 0.15) is 12.3 Å². The van der Waals surface area contributed by atoms with Crippen molar-refractivity contribution in [3.8, 4) is 5.88 Å². The van der Waals surface area contributed by atoms with Crippen molar-refractivity contribution in [2.24, 2.45) is 0 Å². The van der Waals surface area contributed by atoms with Crippen LogP contribution in [-0.4, -0.2) is 54.2 Å². The van der Waals surface area contributed by atoms with Crippen LogP contribution in [0.15, 0.2) is 36.5 Å². The number of benzene rings is 1. The summed E-state index contributed by atoms with van der Waals surface area (Å²) in [5.41, 5.74) is 2.87. The van der Waals surface area contributed by atoms with Gasteiger partial charge in [-0.3, -0.25) is 4.79 Å². The van der Waals surface area contributed by atoms with E-state index >= 15 is 4.39 Å². The van der Waals surface area contributed by atoms with Crippen molar-refractivity contribution < 1.29 is 13.9 Å². The number of pyridine rings is 1. The predicted molar refractivity (Wildman–Crippen MR) is 117 cm³/mol. The van der Waals surface area contributed by atoms with Crippen LogP contribution >= 0.6 is 0 Å². The molecular formula is C24H32FN3O2. The SMILES string of the molecule is CCc1cc(C(=O)N2CCC(F)(CNCCOc3ccc(C)cn3)CC2)ccc1C. The van der Waals surface area contributed by atoms with Gasteiger partial charge in [0.25, 0.3) is 5.91 Å². The third kappa shape index (κ3) is 5.79. The molecule has 1 aromatic heterocycles. The van der Waals surface area contributed by atoms with Crippen LogP contribution in [0.3, 0.4) is 0 Å². The molecule has 1 fully saturated rings. The Labute approximate surface area is 178 Å². The number of carbonyl (C=O) groups excluding carboxylic acids is 1. The van der Waals surface area contributed by atoms with Gasteiger partial charge in [-0.25, -0.2) is 9.37 Å². The van der Waals surface area contributed by atoms with Gasteiger partial charge in [-0.1, -0.05) is 19.1 Å². The molecule has 0 bridgehead atoms. The van der Waals surface area contributed by atoms with E-state index in [1.165, 1.54) is 11.1 Å². The second kappa shape index (κ2) is 10.0. The minimum atomic E-state index is -1.29. The van der Waals surface area contributed by atoms with E-state index in [0.717, 1.165) is 12.0 Å². The number of rotatable bonds is 8. The molecule has 0 radical (unpaired) electrons. The largest absolute Gasteiger partial charge is 0.476 e. The van der Waals surface area contributed by atoms with Crippen LogP contribution in [0.4, 0.5) is 4.39 Å². The number of likely N-dealkylation sites (tertiary alicyclic amines) is 1. The zero-order valence-electron chi connectivity index (χ0n) is 18.2. The number of amides is 1. The summed E-state index contributed by atoms with van der Waals surface area (Å²) in [6, 6.07) is 9.61. The lowest BCUT2D eigenvalue weighted by Crippen LogP contribution is -2.49. The maximum atomic E-state index is 15.1. The molecule has 0 saturated carbocycles. The number of ether oxygens (including phenoxy) is 1. The lowest BCUT2D eigenvalue weighted by atomic mass is 9.92. The number of hydrogen-bond donors (Lipinski definition) is 1. The molecule has 6 heteroatoms. The molecule has 0 aliphatic carbocycles. The highest BCUT2D eigenvalue weighted by Crippen LogP contribution is 2.27. The van der Waals surface area contributed by atoms with Crippen molar-refractivity contribution in [1.82, 2.24) is 15.2 Å². The Hall–Kier alpha value is -2.47. The Morgan fingerprint density at radius 3 is 2.67 bits per heavy atom. The summed E-state index contributed by atoms with van der Waals surface area (Å²) in [5.74, 6) is 0.574. The first-order valence-corrected chi connectivity index (χ1v) is 10.7. The van der Waals surface area contributed by atoms with Crippen LogP contribution in [0.5, 0.6) is 5.88 Å². The average molecular weight is 414 g/mol. The Bertz CT molecular complexity index is 846. The molecule has 5 nitrogen and oxygen atoms in total. The molecule has 1 N–H and O–H groups in total. The number of piperidine rings is 1. The van der Waals surface area contributed by atoms with E-state index in [4.69, 9.17) is 4.74 Å². The smallest absolute Gasteiger partial charge is 0.253 e. The number of halogens is 1. The fraction of sp³-hybridized carbons (Fsp3) is 0.500. The van der Waals surface area contributed by atoms with Gasteiger partial charge < -0.3 is 15.0 Å². The van der Waals surface area contributed by atoms with Gasteiger partial charge in [-0.15, -0.1) is 0 Å². The molecule has 0 spiro atoms. The minimum absolute atomic E-state index is 0.00120. The number of hydrogen-bond acceptors (Lipinski definition) is 4. The summed E-state index contributed by atoms with van der Waals surface area (Å²) in [6.45, 7) is 8.25. The molecule has 1 aliphatic rings. The molecule has 1 amide bonds. The normalized spacial score (nSPS) is 15.8. The molecule has 1 saturated heterocycles. The molecule has 2 heterocycles. The van der Waals surface area contributed by atoms with Gasteiger partial charge in [-0.2, -0.15) is 0 Å². The molecule has 1 aliphatic heterocycles. The zero-order chi connectivity index (χ0) is 21.6. The highest BCUT2D eigenvalue weighted by atomic mass is 19.1. The van der Waals surface area contributed by atoms with Crippen molar-refractivity contribution in [3.63, 3.8) is 0 Å². The van der Waals surface area contributed by atoms with Crippen molar-refractivity contribution in [2.45, 2.75) is 45.7 Å². The van der Waals surface area contributed by atoms with Gasteiger partial charge >= 0.3 is 0 Å². The molecule has 162 valence electrons. The van der Waals surface area contributed by atoms with Crippen LogP contribution in [0.25, 0.3) is 0 Å². The van der Waals surface area contributed by atoms with Crippen molar-refractivity contribution >= 4 is 5.91 Å². The summed E-state index contributed by atoms with van der Waals surface area (Å²) in [4.78, 5) is 18.8. The second-order valence-corrected chi connectivity index (χ2v) is 8.14. The van der Waals surface area contributed by atoms with Crippen molar-refractivity contribution in [3.05, 3.63) is 58.8 Å². The number of nitrogens with one attached hydrogen (secondary N) is 1. The van der Waals surface area contributed by atoms with Gasteiger partial charge in [0.05, 0.1) is 0 Å². The highest BCUT2D eigenvalue weighted by Gasteiger charge is 2.35. The van der Waals surface area contributed by atoms with E-state index in [-0.39, 0.29) is 12.5 Å². The van der Waals surface area contributed by atoms with E-state index in [1.807, 2.05) is 37.3 Å². The molecule has 0 atom stereocenters. The standard InChI is InChI=1S/C24H32FN3O2/c1-4-20-15-21(7-6-19(20)3)23(29)28-12-9-24(25,10-13-28)17-26-11-14-30-22-8-5-18(2)16-27-22/h5-8,15-16,26H,4,9-14,17H2,1-3H3. The van der Waals surface area contributed by atoms with Gasteiger partial charge in [0.15, 0.2) is 0 Å². The van der Waals surface area contributed by atoms with E-state index in [9.17, 15) is 4.79 Å². The molecule has 1 aromatic carbocycles. The monoisotopic (exact) mass is 413 g/mol. The molecule has 0 unspecified atom stereocenters. The topological polar surface area (TPSA) is 54.5 Å². The van der Waals surface area contributed by atoms with Crippen LogP contribution in [-0.2, 0) is 6.42 Å². The lowest BCUT2D eigenvalue weighted by molar-refractivity contribution is 0.0433. The Morgan fingerprint density at radius 2 is 2.00 bits per heavy atom. The summed E-state index contributed by atoms with van der Waals surface area (Å²) in [5, 5.41) is 3.14. The van der Waals surface area contributed by atoms with Crippen molar-refractivity contribution in [1.29, 1.82) is 0 Å². The van der Waals surface area contributed by atoms with Gasteiger partial charge in [-0.05, 0) is 49.1 Å². The fourth-order valence-corrected chi connectivity index (χ4v) is 3.74. The summed E-state index contributed by atoms with van der Waals surface area (Å²) >= 11 is 0. The first-order valence-electron chi connectivity index (χ1n) is 10.7. The van der Waals surface area contributed by atoms with E-state index < -0.39 is 5.67 Å². The maximum Gasteiger partial charge on any atom is 0.253 e.